The maximum atomic E-state index is 11.8. The van der Waals surface area contributed by atoms with Crippen LogP contribution in [0.25, 0.3) is 0 Å². The molecule has 1 heterocycles. The quantitative estimate of drug-likeness (QED) is 0.171. The standard InChI is InChI=1S/C18H27O3PS.C7H8N.CH4.Pd/c19-23(20,21)18-14-8-7-13-17(18)22(15-9-3-1-4-10-15)16-11-5-2-6-12-16;1-6-4-3-5-7(2)8-6;;/h7-8,13-16H,1-6,9-12H2,(H,19,20,21);4-5H,1-2H3;1H4;/q;;;+2/p-1. The Hall–Kier alpha value is -0.588. The molecule has 0 aromatic heterocycles. The van der Waals surface area contributed by atoms with Gasteiger partial charge < -0.3 is 4.55 Å². The molecule has 2 fully saturated rings. The van der Waals surface area contributed by atoms with Gasteiger partial charge in [-0.1, -0.05) is 72.1 Å². The van der Waals surface area contributed by atoms with Gasteiger partial charge in [0.2, 0.25) is 0 Å². The summed E-state index contributed by atoms with van der Waals surface area (Å²) in [6, 6.07) is 8.08. The Morgan fingerprint density at radius 3 is 1.85 bits per heavy atom. The third kappa shape index (κ3) is 9.18. The van der Waals surface area contributed by atoms with Gasteiger partial charge in [-0.05, 0) is 68.3 Å². The minimum atomic E-state index is -4.39. The second-order valence-electron chi connectivity index (χ2n) is 8.76. The van der Waals surface area contributed by atoms with Gasteiger partial charge in [0.25, 0.3) is 0 Å². The molecule has 2 saturated carbocycles. The van der Waals surface area contributed by atoms with Gasteiger partial charge in [0, 0.05) is 11.8 Å². The average molecular weight is 582 g/mol. The molecular weight excluding hydrogens is 544 g/mol. The molecule has 0 saturated heterocycles. The van der Waals surface area contributed by atoms with Gasteiger partial charge in [-0.25, -0.2) is 8.42 Å². The molecule has 0 unspecified atom stereocenters. The summed E-state index contributed by atoms with van der Waals surface area (Å²) >= 11 is 0. The zero-order chi connectivity index (χ0) is 22.3. The van der Waals surface area contributed by atoms with Gasteiger partial charge in [0.15, 0.2) is 0 Å². The number of nitrogens with zero attached hydrogens (tertiary/aromatic N) is 1. The number of hydrogen-bond donors (Lipinski definition) is 0. The number of benzene rings is 1. The van der Waals surface area contributed by atoms with Gasteiger partial charge in [0.1, 0.15) is 16.2 Å². The molecule has 1 radical (unpaired) electrons. The third-order valence-electron chi connectivity index (χ3n) is 6.29. The summed E-state index contributed by atoms with van der Waals surface area (Å²) < 4.78 is 35.3. The Labute approximate surface area is 216 Å². The summed E-state index contributed by atoms with van der Waals surface area (Å²) in [5.74, 6) is 0. The molecule has 0 N–H and O–H groups in total. The smallest absolute Gasteiger partial charge is 0.744 e. The first kappa shape index (κ1) is 30.4. The summed E-state index contributed by atoms with van der Waals surface area (Å²) in [6.07, 6.45) is 16.2. The fourth-order valence-electron chi connectivity index (χ4n) is 4.92. The van der Waals surface area contributed by atoms with Crippen LogP contribution in [0.15, 0.2) is 52.0 Å². The molecule has 0 bridgehead atoms. The van der Waals surface area contributed by atoms with Crippen LogP contribution in [0.2, 0.25) is 0 Å². The summed E-state index contributed by atoms with van der Waals surface area (Å²) in [5.41, 5.74) is 5.20. The minimum Gasteiger partial charge on any atom is -0.744 e. The average Bonchev–Trinajstić information content (AvgIpc) is 2.75. The van der Waals surface area contributed by atoms with Crippen molar-refractivity contribution in [3.63, 3.8) is 0 Å². The van der Waals surface area contributed by atoms with E-state index in [4.69, 9.17) is 0 Å². The van der Waals surface area contributed by atoms with Crippen molar-refractivity contribution >= 4 is 29.1 Å². The molecule has 0 amide bonds. The molecule has 185 valence electrons. The maximum Gasteiger partial charge on any atom is 2.00 e. The number of aliphatic imine (C=N–C) groups is 1. The van der Waals surface area contributed by atoms with Crippen LogP contribution >= 0.6 is 7.92 Å². The van der Waals surface area contributed by atoms with Crippen molar-refractivity contribution in [1.82, 2.24) is 0 Å². The van der Waals surface area contributed by atoms with Crippen LogP contribution < -0.4 is 5.30 Å². The van der Waals surface area contributed by atoms with Crippen LogP contribution in [-0.2, 0) is 30.5 Å². The monoisotopic (exact) mass is 581 g/mol. The molecule has 0 spiro atoms. The zero-order valence-corrected chi connectivity index (χ0v) is 22.3. The fourth-order valence-corrected chi connectivity index (χ4v) is 9.95. The van der Waals surface area contributed by atoms with E-state index in [0.717, 1.165) is 17.1 Å². The van der Waals surface area contributed by atoms with Gasteiger partial charge in [0.05, 0.1) is 4.90 Å². The van der Waals surface area contributed by atoms with Crippen molar-refractivity contribution in [2.24, 2.45) is 4.99 Å². The predicted molar refractivity (Wildman–Crippen MR) is 136 cm³/mol. The van der Waals surface area contributed by atoms with E-state index in [0.29, 0.717) is 11.3 Å². The van der Waals surface area contributed by atoms with Crippen molar-refractivity contribution < 1.29 is 33.4 Å². The van der Waals surface area contributed by atoms with E-state index in [1.54, 1.807) is 6.07 Å². The molecule has 4 nitrogen and oxygen atoms in total. The molecule has 1 aromatic carbocycles. The second-order valence-corrected chi connectivity index (χ2v) is 12.9. The molecule has 4 rings (SSSR count). The maximum absolute atomic E-state index is 11.8. The molecule has 33 heavy (non-hydrogen) atoms. The first-order valence-corrected chi connectivity index (χ1v) is 14.4. The van der Waals surface area contributed by atoms with E-state index < -0.39 is 18.0 Å². The van der Waals surface area contributed by atoms with Crippen molar-refractivity contribution in [2.45, 2.75) is 102 Å². The van der Waals surface area contributed by atoms with E-state index in [1.807, 2.05) is 38.1 Å². The fraction of sp³-hybridized carbons (Fsp3) is 0.577. The summed E-state index contributed by atoms with van der Waals surface area (Å²) in [6.45, 7) is 3.92. The first-order valence-electron chi connectivity index (χ1n) is 11.5. The topological polar surface area (TPSA) is 69.6 Å². The zero-order valence-electron chi connectivity index (χ0n) is 19.0. The predicted octanol–water partition coefficient (Wildman–Crippen LogP) is 6.72. The molecule has 2 aliphatic carbocycles. The molecular formula is C26H38NO3PPdS+. The van der Waals surface area contributed by atoms with Crippen molar-refractivity contribution in [3.8, 4) is 0 Å². The van der Waals surface area contributed by atoms with Crippen molar-refractivity contribution in [1.29, 1.82) is 0 Å². The van der Waals surface area contributed by atoms with Crippen LogP contribution in [0.1, 0.15) is 85.5 Å². The van der Waals surface area contributed by atoms with Crippen LogP contribution in [-0.4, -0.2) is 30.0 Å². The number of hydrogen-bond acceptors (Lipinski definition) is 4. The third-order valence-corrected chi connectivity index (χ3v) is 10.9. The second kappa shape index (κ2) is 14.7. The van der Waals surface area contributed by atoms with Crippen LogP contribution in [0, 0.1) is 6.04 Å². The SMILES string of the molecule is C.C[C]1C=C=CC(C)=N1.O=S(=O)([O-])c1ccccc1P(C1CCCCC1)C1CCCCC1.[Pd+2]. The minimum absolute atomic E-state index is 0. The van der Waals surface area contributed by atoms with E-state index in [1.165, 1.54) is 70.3 Å². The Morgan fingerprint density at radius 2 is 1.42 bits per heavy atom. The Balaban J connectivity index is 0.000000465. The van der Waals surface area contributed by atoms with E-state index >= 15 is 0 Å². The molecule has 1 aromatic rings. The van der Waals surface area contributed by atoms with Crippen LogP contribution in [0.5, 0.6) is 0 Å². The largest absolute Gasteiger partial charge is 2.00 e. The van der Waals surface area contributed by atoms with Gasteiger partial charge in [-0.2, -0.15) is 0 Å². The summed E-state index contributed by atoms with van der Waals surface area (Å²) in [7, 11) is -4.95. The van der Waals surface area contributed by atoms with Crippen molar-refractivity contribution in [2.75, 3.05) is 0 Å². The van der Waals surface area contributed by atoms with Gasteiger partial charge in [-0.15, -0.1) is 5.73 Å². The number of rotatable bonds is 4. The van der Waals surface area contributed by atoms with Crippen molar-refractivity contribution in [3.05, 3.63) is 48.2 Å². The van der Waals surface area contributed by atoms with Crippen LogP contribution in [0.4, 0.5) is 0 Å². The van der Waals surface area contributed by atoms with E-state index in [9.17, 15) is 13.0 Å². The summed E-state index contributed by atoms with van der Waals surface area (Å²) in [5, 5.41) is 0.872. The molecule has 3 aliphatic rings. The van der Waals surface area contributed by atoms with Crippen LogP contribution in [0.3, 0.4) is 0 Å². The Kier molecular flexibility index (Phi) is 13.6. The van der Waals surface area contributed by atoms with Gasteiger partial charge in [-0.3, -0.25) is 4.99 Å². The summed E-state index contributed by atoms with van der Waals surface area (Å²) in [4.78, 5) is 4.20. The Bertz CT molecular complexity index is 911. The molecule has 0 atom stereocenters. The normalized spacial score (nSPS) is 19.7. The van der Waals surface area contributed by atoms with Gasteiger partial charge >= 0.3 is 20.4 Å². The molecule has 7 heteroatoms. The Morgan fingerprint density at radius 1 is 0.909 bits per heavy atom. The van der Waals surface area contributed by atoms with E-state index in [-0.39, 0.29) is 32.7 Å². The molecule has 1 aliphatic heterocycles. The van der Waals surface area contributed by atoms with E-state index in [2.05, 4.69) is 10.7 Å². The first-order chi connectivity index (χ1) is 14.9.